The Morgan fingerprint density at radius 1 is 1.09 bits per heavy atom. The van der Waals surface area contributed by atoms with Gasteiger partial charge in [-0.05, 0) is 43.2 Å². The first-order chi connectivity index (χ1) is 15.2. The van der Waals surface area contributed by atoms with E-state index in [2.05, 4.69) is 20.8 Å². The van der Waals surface area contributed by atoms with Crippen LogP contribution >= 0.6 is 0 Å². The minimum absolute atomic E-state index is 0.0388. The van der Waals surface area contributed by atoms with Crippen LogP contribution in [0.1, 0.15) is 28.6 Å². The molecule has 0 amide bonds. The maximum absolute atomic E-state index is 14.9. The van der Waals surface area contributed by atoms with Crippen LogP contribution in [0.5, 0.6) is 0 Å². The van der Waals surface area contributed by atoms with Crippen LogP contribution in [0.3, 0.4) is 0 Å². The lowest BCUT2D eigenvalue weighted by Gasteiger charge is -2.30. The molecule has 3 aromatic rings. The minimum Gasteiger partial charge on any atom is -0.367 e. The number of benzene rings is 2. The molecule has 2 heterocycles. The van der Waals surface area contributed by atoms with Gasteiger partial charge in [0.1, 0.15) is 12.0 Å². The van der Waals surface area contributed by atoms with E-state index in [1.807, 2.05) is 4.90 Å². The number of halogens is 4. The number of nitrogens with two attached hydrogens (primary N) is 1. The highest BCUT2D eigenvalue weighted by Crippen LogP contribution is 2.35. The van der Waals surface area contributed by atoms with Crippen molar-refractivity contribution in [2.24, 2.45) is 5.73 Å². The Kier molecular flexibility index (Phi) is 5.91. The van der Waals surface area contributed by atoms with Gasteiger partial charge in [-0.2, -0.15) is 18.3 Å². The molecular formula is C22H24F4N6. The van der Waals surface area contributed by atoms with Crippen molar-refractivity contribution in [2.45, 2.75) is 26.2 Å². The van der Waals surface area contributed by atoms with E-state index in [4.69, 9.17) is 5.73 Å². The van der Waals surface area contributed by atoms with Gasteiger partial charge < -0.3 is 21.3 Å². The van der Waals surface area contributed by atoms with Crippen LogP contribution in [0.4, 0.5) is 29.1 Å². The number of hydrogen-bond acceptors (Lipinski definition) is 6. The molecule has 170 valence electrons. The minimum atomic E-state index is -4.48. The van der Waals surface area contributed by atoms with Crippen molar-refractivity contribution >= 4 is 22.3 Å². The average molecular weight is 448 g/mol. The molecule has 10 heteroatoms. The van der Waals surface area contributed by atoms with Crippen LogP contribution < -0.4 is 21.3 Å². The van der Waals surface area contributed by atoms with E-state index in [0.29, 0.717) is 40.8 Å². The molecule has 6 nitrogen and oxygen atoms in total. The topological polar surface area (TPSA) is 79.1 Å². The summed E-state index contributed by atoms with van der Waals surface area (Å²) in [6.45, 7) is 5.92. The van der Waals surface area contributed by atoms with E-state index >= 15 is 0 Å². The van der Waals surface area contributed by atoms with Crippen molar-refractivity contribution in [3.05, 3.63) is 58.5 Å². The van der Waals surface area contributed by atoms with Crippen molar-refractivity contribution < 1.29 is 17.6 Å². The highest BCUT2D eigenvalue weighted by Gasteiger charge is 2.33. The maximum Gasteiger partial charge on any atom is 0.416 e. The lowest BCUT2D eigenvalue weighted by molar-refractivity contribution is -0.138. The summed E-state index contributed by atoms with van der Waals surface area (Å²) in [6, 6.07) is 7.01. The summed E-state index contributed by atoms with van der Waals surface area (Å²) in [7, 11) is 0. The molecule has 0 unspecified atom stereocenters. The summed E-state index contributed by atoms with van der Waals surface area (Å²) in [5.41, 5.74) is 6.82. The Bertz CT molecular complexity index is 1140. The lowest BCUT2D eigenvalue weighted by Crippen LogP contribution is -2.43. The number of piperazine rings is 1. The highest BCUT2D eigenvalue weighted by molar-refractivity contribution is 5.95. The van der Waals surface area contributed by atoms with Gasteiger partial charge in [-0.3, -0.25) is 0 Å². The maximum atomic E-state index is 14.9. The Hall–Kier alpha value is -2.98. The van der Waals surface area contributed by atoms with Crippen molar-refractivity contribution in [1.29, 1.82) is 0 Å². The first-order valence-corrected chi connectivity index (χ1v) is 10.3. The monoisotopic (exact) mass is 448 g/mol. The molecule has 0 radical (unpaired) electrons. The van der Waals surface area contributed by atoms with Crippen molar-refractivity contribution in [1.82, 2.24) is 15.5 Å². The van der Waals surface area contributed by atoms with Crippen LogP contribution in [0.25, 0.3) is 10.8 Å². The first-order valence-electron chi connectivity index (χ1n) is 10.3. The molecule has 1 aromatic heterocycles. The highest BCUT2D eigenvalue weighted by atomic mass is 19.4. The van der Waals surface area contributed by atoms with Crippen LogP contribution in [-0.4, -0.2) is 36.4 Å². The molecule has 4 rings (SSSR count). The second kappa shape index (κ2) is 8.51. The smallest absolute Gasteiger partial charge is 0.367 e. The third-order valence-corrected chi connectivity index (χ3v) is 5.80. The molecule has 1 saturated heterocycles. The number of aryl methyl sites for hydroxylation is 1. The van der Waals surface area contributed by atoms with Gasteiger partial charge >= 0.3 is 6.18 Å². The zero-order chi connectivity index (χ0) is 23.0. The molecule has 1 fully saturated rings. The van der Waals surface area contributed by atoms with E-state index in [-0.39, 0.29) is 17.2 Å². The predicted molar refractivity (Wildman–Crippen MR) is 116 cm³/mol. The average Bonchev–Trinajstić information content (AvgIpc) is 2.75. The second-order valence-corrected chi connectivity index (χ2v) is 7.86. The van der Waals surface area contributed by atoms with Crippen molar-refractivity contribution in [2.75, 3.05) is 36.4 Å². The molecule has 1 aliphatic rings. The molecular weight excluding hydrogens is 424 g/mol. The van der Waals surface area contributed by atoms with E-state index in [0.717, 1.165) is 19.2 Å². The molecule has 1 atom stereocenters. The third kappa shape index (κ3) is 4.20. The summed E-state index contributed by atoms with van der Waals surface area (Å²) in [4.78, 5) is 1.95. The Morgan fingerprint density at radius 2 is 1.81 bits per heavy atom. The van der Waals surface area contributed by atoms with Gasteiger partial charge in [-0.25, -0.2) is 4.39 Å². The van der Waals surface area contributed by atoms with Gasteiger partial charge in [0, 0.05) is 37.0 Å². The molecule has 32 heavy (non-hydrogen) atoms. The fourth-order valence-corrected chi connectivity index (χ4v) is 4.07. The molecule has 0 spiro atoms. The normalized spacial score (nSPS) is 15.8. The quantitative estimate of drug-likeness (QED) is 0.415. The van der Waals surface area contributed by atoms with Gasteiger partial charge in [0.25, 0.3) is 0 Å². The fraction of sp³-hybridized carbons (Fsp3) is 0.364. The van der Waals surface area contributed by atoms with Gasteiger partial charge in [0.05, 0.1) is 16.9 Å². The summed E-state index contributed by atoms with van der Waals surface area (Å²) < 4.78 is 54.8. The second-order valence-electron chi connectivity index (χ2n) is 7.86. The number of aromatic nitrogens is 2. The fourth-order valence-electron chi connectivity index (χ4n) is 4.07. The zero-order valence-corrected chi connectivity index (χ0v) is 17.7. The summed E-state index contributed by atoms with van der Waals surface area (Å²) >= 11 is 0. The van der Waals surface area contributed by atoms with E-state index < -0.39 is 17.9 Å². The van der Waals surface area contributed by atoms with Crippen LogP contribution in [0, 0.1) is 19.7 Å². The van der Waals surface area contributed by atoms with Crippen molar-refractivity contribution in [3.63, 3.8) is 0 Å². The number of nitrogens with zero attached hydrogens (tertiary/aromatic N) is 3. The number of anilines is 2. The lowest BCUT2D eigenvalue weighted by atomic mass is 10.00. The SMILES string of the molecule is Cc1c([C@@H](N)Nc2nnc(C)c3cc(F)c(N4CCNCC4)cc23)cccc1C(F)(F)F. The number of alkyl halides is 3. The summed E-state index contributed by atoms with van der Waals surface area (Å²) in [5, 5.41) is 15.6. The number of rotatable bonds is 4. The van der Waals surface area contributed by atoms with E-state index in [1.165, 1.54) is 25.1 Å². The van der Waals surface area contributed by atoms with Gasteiger partial charge in [0.2, 0.25) is 0 Å². The Labute approximate surface area is 182 Å². The van der Waals surface area contributed by atoms with Gasteiger partial charge in [-0.15, -0.1) is 5.10 Å². The largest absolute Gasteiger partial charge is 0.416 e. The van der Waals surface area contributed by atoms with Gasteiger partial charge in [-0.1, -0.05) is 12.1 Å². The number of fused-ring (bicyclic) bond motifs is 1. The molecule has 2 aromatic carbocycles. The standard InChI is InChI=1S/C22H24F4N6/c1-12-14(4-3-5-17(12)22(24,25)26)20(27)29-21-16-11-19(32-8-6-28-7-9-32)18(23)10-15(16)13(2)30-31-21/h3-5,10-11,20,28H,6-9,27H2,1-2H3,(H,29,31)/t20-/m0/s1. The van der Waals surface area contributed by atoms with E-state index in [9.17, 15) is 17.6 Å². The Morgan fingerprint density at radius 3 is 2.50 bits per heavy atom. The molecule has 0 saturated carbocycles. The van der Waals surface area contributed by atoms with Gasteiger partial charge in [0.15, 0.2) is 5.82 Å². The summed E-state index contributed by atoms with van der Waals surface area (Å²) in [6.07, 6.45) is -5.45. The molecule has 0 aliphatic carbocycles. The van der Waals surface area contributed by atoms with E-state index in [1.54, 1.807) is 13.0 Å². The Balaban J connectivity index is 1.74. The van der Waals surface area contributed by atoms with Crippen LogP contribution in [0.2, 0.25) is 0 Å². The zero-order valence-electron chi connectivity index (χ0n) is 17.7. The number of hydrogen-bond donors (Lipinski definition) is 3. The van der Waals surface area contributed by atoms with Crippen LogP contribution in [-0.2, 0) is 6.18 Å². The third-order valence-electron chi connectivity index (χ3n) is 5.80. The number of nitrogens with one attached hydrogen (secondary N) is 2. The summed E-state index contributed by atoms with van der Waals surface area (Å²) in [5.74, 6) is -0.0780. The predicted octanol–water partition coefficient (Wildman–Crippen LogP) is 3.88. The van der Waals surface area contributed by atoms with Crippen molar-refractivity contribution in [3.8, 4) is 0 Å². The first kappa shape index (κ1) is 22.2. The van der Waals surface area contributed by atoms with Crippen LogP contribution in [0.15, 0.2) is 30.3 Å². The molecule has 4 N–H and O–H groups in total. The molecule has 1 aliphatic heterocycles. The molecule has 0 bridgehead atoms.